The van der Waals surface area contributed by atoms with E-state index in [1.807, 2.05) is 37.5 Å². The second-order valence-electron chi connectivity index (χ2n) is 5.19. The minimum absolute atomic E-state index is 0.0894. The first kappa shape index (κ1) is 18.3. The predicted octanol–water partition coefficient (Wildman–Crippen LogP) is 2.06. The normalized spacial score (nSPS) is 15.4. The lowest BCUT2D eigenvalue weighted by atomic mass is 10.7. The van der Waals surface area contributed by atoms with E-state index in [9.17, 15) is 9.36 Å². The molecule has 0 saturated heterocycles. The van der Waals surface area contributed by atoms with E-state index < -0.39 is 34.2 Å². The molecule has 0 aromatic carbocycles. The van der Waals surface area contributed by atoms with Crippen LogP contribution in [0, 0.1) is 0 Å². The molecule has 0 aliphatic carbocycles. The van der Waals surface area contributed by atoms with Crippen LogP contribution in [0.5, 0.6) is 0 Å². The number of rotatable bonds is 8. The van der Waals surface area contributed by atoms with E-state index >= 15 is 0 Å². The fraction of sp³-hybridized carbons (Fsp3) is 0.889. The van der Waals surface area contributed by atoms with Gasteiger partial charge in [0.1, 0.15) is 6.29 Å². The SMILES string of the molecule is CS(C)(C)OP(=O)(CNCC(=O)O)OS(C)(C)C. The molecule has 0 heterocycles. The number of hydrogen-bond acceptors (Lipinski definition) is 5. The van der Waals surface area contributed by atoms with Gasteiger partial charge < -0.3 is 5.11 Å². The number of hydrogen-bond donors (Lipinski definition) is 2. The van der Waals surface area contributed by atoms with Crippen LogP contribution in [0.3, 0.4) is 0 Å². The molecule has 0 rings (SSSR count). The zero-order valence-electron chi connectivity index (χ0n) is 11.8. The highest BCUT2D eigenvalue weighted by Gasteiger charge is 2.32. The molecule has 0 fully saturated rings. The summed E-state index contributed by atoms with van der Waals surface area (Å²) in [6.07, 6.45) is 11.1. The third kappa shape index (κ3) is 10.2. The fourth-order valence-corrected chi connectivity index (χ4v) is 7.63. The van der Waals surface area contributed by atoms with Gasteiger partial charge in [-0.1, -0.05) is 0 Å². The Morgan fingerprint density at radius 2 is 1.50 bits per heavy atom. The minimum Gasteiger partial charge on any atom is -0.480 e. The van der Waals surface area contributed by atoms with Gasteiger partial charge in [0.2, 0.25) is 0 Å². The Labute approximate surface area is 112 Å². The Morgan fingerprint density at radius 3 is 1.78 bits per heavy atom. The van der Waals surface area contributed by atoms with Crippen molar-refractivity contribution < 1.29 is 22.4 Å². The Balaban J connectivity index is 4.71. The molecule has 6 nitrogen and oxygen atoms in total. The molecule has 9 heteroatoms. The smallest absolute Gasteiger partial charge is 0.363 e. The van der Waals surface area contributed by atoms with E-state index in [-0.39, 0.29) is 12.8 Å². The summed E-state index contributed by atoms with van der Waals surface area (Å²) in [4.78, 5) is 10.4. The van der Waals surface area contributed by atoms with Crippen LogP contribution in [-0.4, -0.2) is 61.4 Å². The van der Waals surface area contributed by atoms with Gasteiger partial charge >= 0.3 is 13.6 Å². The van der Waals surface area contributed by atoms with Crippen LogP contribution in [0.1, 0.15) is 0 Å². The molecule has 0 aromatic rings. The van der Waals surface area contributed by atoms with Crippen LogP contribution in [-0.2, 0) is 17.3 Å². The minimum atomic E-state index is -3.32. The summed E-state index contributed by atoms with van der Waals surface area (Å²) >= 11 is 0. The summed E-state index contributed by atoms with van der Waals surface area (Å²) in [6, 6.07) is 0. The van der Waals surface area contributed by atoms with Crippen molar-refractivity contribution in [2.45, 2.75) is 0 Å². The maximum atomic E-state index is 12.6. The number of carbonyl (C=O) groups is 1. The standard InChI is InChI=1S/C9H24NO5PS2/c1-17(2,3)14-16(13,15-18(4,5)6)8-10-7-9(11)12/h10H,7-8H2,1-6H3,(H,11,12). The van der Waals surface area contributed by atoms with E-state index in [0.29, 0.717) is 0 Å². The highest BCUT2D eigenvalue weighted by Crippen LogP contribution is 2.65. The maximum absolute atomic E-state index is 12.6. The van der Waals surface area contributed by atoms with E-state index in [0.717, 1.165) is 0 Å². The topological polar surface area (TPSA) is 84.9 Å². The first-order valence-electron chi connectivity index (χ1n) is 5.14. The third-order valence-electron chi connectivity index (χ3n) is 1.26. The van der Waals surface area contributed by atoms with Gasteiger partial charge in [0.15, 0.2) is 0 Å². The van der Waals surface area contributed by atoms with Gasteiger partial charge in [0.05, 0.1) is 6.54 Å². The van der Waals surface area contributed by atoms with E-state index in [2.05, 4.69) is 5.32 Å². The molecule has 0 aliphatic rings. The van der Waals surface area contributed by atoms with Gasteiger partial charge in [-0.15, -0.1) is 20.6 Å². The molecule has 0 radical (unpaired) electrons. The Bertz CT molecular complexity index is 317. The molecule has 0 amide bonds. The molecule has 112 valence electrons. The second-order valence-corrected chi connectivity index (χ2v) is 14.8. The lowest BCUT2D eigenvalue weighted by Gasteiger charge is -2.35. The average molecular weight is 321 g/mol. The van der Waals surface area contributed by atoms with Crippen molar-refractivity contribution in [3.8, 4) is 0 Å². The summed E-state index contributed by atoms with van der Waals surface area (Å²) in [6.45, 7) is -0.268. The van der Waals surface area contributed by atoms with Crippen LogP contribution in [0.4, 0.5) is 0 Å². The zero-order valence-corrected chi connectivity index (χ0v) is 14.3. The lowest BCUT2D eigenvalue weighted by molar-refractivity contribution is -0.135. The van der Waals surface area contributed by atoms with E-state index in [4.69, 9.17) is 13.0 Å². The molecule has 0 saturated carbocycles. The van der Waals surface area contributed by atoms with E-state index in [1.165, 1.54) is 0 Å². The number of carboxylic acid groups (broad SMARTS) is 1. The second kappa shape index (κ2) is 6.63. The summed E-state index contributed by atoms with van der Waals surface area (Å²) in [5.74, 6) is -1.01. The quantitative estimate of drug-likeness (QED) is 0.666. The Hall–Kier alpha value is 0.280. The molecule has 2 N–H and O–H groups in total. The highest BCUT2D eigenvalue weighted by molar-refractivity contribution is 8.32. The third-order valence-corrected chi connectivity index (χ3v) is 7.26. The summed E-state index contributed by atoms with van der Waals surface area (Å²) in [5.41, 5.74) is 0. The molecular formula is C9H24NO5PS2. The average Bonchev–Trinajstić information content (AvgIpc) is 1.93. The van der Waals surface area contributed by atoms with Crippen molar-refractivity contribution in [3.63, 3.8) is 0 Å². The summed E-state index contributed by atoms with van der Waals surface area (Å²) in [5, 5.41) is 11.1. The molecule has 0 spiro atoms. The van der Waals surface area contributed by atoms with Crippen molar-refractivity contribution in [2.75, 3.05) is 50.4 Å². The van der Waals surface area contributed by atoms with Gasteiger partial charge in [-0.2, -0.15) is 0 Å². The Morgan fingerprint density at radius 1 is 1.11 bits per heavy atom. The van der Waals surface area contributed by atoms with Crippen molar-refractivity contribution in [2.24, 2.45) is 0 Å². The Kier molecular flexibility index (Phi) is 6.73. The molecule has 0 bridgehead atoms. The van der Waals surface area contributed by atoms with Crippen molar-refractivity contribution in [3.05, 3.63) is 0 Å². The van der Waals surface area contributed by atoms with Crippen molar-refractivity contribution in [1.29, 1.82) is 0 Å². The molecule has 0 atom stereocenters. The molecule has 0 aliphatic heterocycles. The van der Waals surface area contributed by atoms with Gasteiger partial charge in [0, 0.05) is 0 Å². The predicted molar refractivity (Wildman–Crippen MR) is 81.0 cm³/mol. The fourth-order valence-electron chi connectivity index (χ4n) is 1.05. The van der Waals surface area contributed by atoms with Crippen molar-refractivity contribution >= 4 is 34.2 Å². The van der Waals surface area contributed by atoms with Gasteiger partial charge in [-0.05, 0) is 37.5 Å². The van der Waals surface area contributed by atoms with Gasteiger partial charge in [0.25, 0.3) is 0 Å². The zero-order chi connectivity index (χ0) is 14.6. The van der Waals surface area contributed by atoms with Gasteiger partial charge in [-0.25, -0.2) is 0 Å². The maximum Gasteiger partial charge on any atom is 0.363 e. The van der Waals surface area contributed by atoms with Crippen LogP contribution >= 0.6 is 28.2 Å². The largest absolute Gasteiger partial charge is 0.480 e. The van der Waals surface area contributed by atoms with Gasteiger partial charge in [-0.3, -0.25) is 22.6 Å². The van der Waals surface area contributed by atoms with Crippen LogP contribution in [0.2, 0.25) is 0 Å². The highest BCUT2D eigenvalue weighted by atomic mass is 32.3. The van der Waals surface area contributed by atoms with Crippen LogP contribution in [0.25, 0.3) is 0 Å². The monoisotopic (exact) mass is 321 g/mol. The molecule has 0 unspecified atom stereocenters. The van der Waals surface area contributed by atoms with Crippen LogP contribution in [0.15, 0.2) is 0 Å². The van der Waals surface area contributed by atoms with Crippen molar-refractivity contribution in [1.82, 2.24) is 5.32 Å². The first-order valence-corrected chi connectivity index (χ1v) is 12.4. The lowest BCUT2D eigenvalue weighted by Crippen LogP contribution is -2.25. The number of carboxylic acids is 1. The first-order chi connectivity index (χ1) is 7.83. The number of aliphatic carboxylic acids is 1. The number of nitrogens with one attached hydrogen (secondary N) is 1. The van der Waals surface area contributed by atoms with E-state index in [1.54, 1.807) is 0 Å². The molecule has 18 heavy (non-hydrogen) atoms. The molecule has 0 aromatic heterocycles. The van der Waals surface area contributed by atoms with Crippen LogP contribution < -0.4 is 5.32 Å². The molecular weight excluding hydrogens is 297 g/mol. The summed E-state index contributed by atoms with van der Waals surface area (Å²) < 4.78 is 23.7. The summed E-state index contributed by atoms with van der Waals surface area (Å²) in [7, 11) is -6.25.